The average molecular weight is 335 g/mol. The molecule has 0 radical (unpaired) electrons. The molecule has 0 saturated carbocycles. The quantitative estimate of drug-likeness (QED) is 0.654. The van der Waals surface area contributed by atoms with Gasteiger partial charge in [-0.05, 0) is 35.4 Å². The van der Waals surface area contributed by atoms with Crippen molar-refractivity contribution in [2.24, 2.45) is 0 Å². The molecule has 0 aliphatic rings. The summed E-state index contributed by atoms with van der Waals surface area (Å²) in [5.41, 5.74) is 0.118. The highest BCUT2D eigenvalue weighted by Gasteiger charge is 2.31. The Bertz CT molecular complexity index is 641. The van der Waals surface area contributed by atoms with Crippen LogP contribution >= 0.6 is 23.2 Å². The van der Waals surface area contributed by atoms with Gasteiger partial charge in [-0.25, -0.2) is 0 Å². The Morgan fingerprint density at radius 3 is 2.38 bits per heavy atom. The van der Waals surface area contributed by atoms with Gasteiger partial charge >= 0.3 is 6.18 Å². The predicted molar refractivity (Wildman–Crippen MR) is 77.1 cm³/mol. The lowest BCUT2D eigenvalue weighted by atomic mass is 10.0. The van der Waals surface area contributed by atoms with Crippen molar-refractivity contribution < 1.29 is 17.9 Å². The third kappa shape index (κ3) is 3.63. The van der Waals surface area contributed by atoms with Gasteiger partial charge in [-0.2, -0.15) is 13.2 Å². The van der Waals surface area contributed by atoms with Crippen molar-refractivity contribution in [3.63, 3.8) is 0 Å². The molecule has 0 spiro atoms. The molecule has 0 amide bonds. The van der Waals surface area contributed by atoms with E-state index < -0.39 is 17.1 Å². The lowest BCUT2D eigenvalue weighted by Crippen LogP contribution is -2.06. The van der Waals surface area contributed by atoms with Crippen LogP contribution in [-0.4, -0.2) is 7.11 Å². The van der Waals surface area contributed by atoms with Crippen LogP contribution < -0.4 is 4.74 Å². The van der Waals surface area contributed by atoms with Crippen LogP contribution in [-0.2, 0) is 6.18 Å². The lowest BCUT2D eigenvalue weighted by molar-refractivity contribution is -0.137. The summed E-state index contributed by atoms with van der Waals surface area (Å²) >= 11 is 12.4. The van der Waals surface area contributed by atoms with Crippen LogP contribution in [0.3, 0.4) is 0 Å². The Kier molecular flexibility index (Phi) is 4.69. The van der Waals surface area contributed by atoms with E-state index in [0.29, 0.717) is 21.9 Å². The van der Waals surface area contributed by atoms with Crippen LogP contribution in [0.5, 0.6) is 5.75 Å². The van der Waals surface area contributed by atoms with Crippen molar-refractivity contribution in [1.82, 2.24) is 0 Å². The Morgan fingerprint density at radius 2 is 1.81 bits per heavy atom. The molecule has 2 aromatic rings. The zero-order valence-corrected chi connectivity index (χ0v) is 12.4. The van der Waals surface area contributed by atoms with Crippen LogP contribution in [0.15, 0.2) is 42.5 Å². The van der Waals surface area contributed by atoms with Crippen molar-refractivity contribution in [2.75, 3.05) is 7.11 Å². The van der Waals surface area contributed by atoms with Gasteiger partial charge in [0, 0.05) is 5.02 Å². The largest absolute Gasteiger partial charge is 0.497 e. The fourth-order valence-electron chi connectivity index (χ4n) is 1.89. The Labute approximate surface area is 130 Å². The summed E-state index contributed by atoms with van der Waals surface area (Å²) in [7, 11) is 1.50. The van der Waals surface area contributed by atoms with Crippen molar-refractivity contribution in [3.05, 3.63) is 64.2 Å². The van der Waals surface area contributed by atoms with E-state index in [1.165, 1.54) is 19.2 Å². The smallest absolute Gasteiger partial charge is 0.416 e. The van der Waals surface area contributed by atoms with Crippen molar-refractivity contribution in [1.29, 1.82) is 0 Å². The van der Waals surface area contributed by atoms with Gasteiger partial charge in [0.15, 0.2) is 0 Å². The number of benzene rings is 2. The Hall–Kier alpha value is -1.39. The van der Waals surface area contributed by atoms with Crippen LogP contribution in [0.4, 0.5) is 13.2 Å². The van der Waals surface area contributed by atoms with Crippen LogP contribution in [0, 0.1) is 0 Å². The molecule has 0 heterocycles. The van der Waals surface area contributed by atoms with E-state index in [1.54, 1.807) is 18.2 Å². The fourth-order valence-corrected chi connectivity index (χ4v) is 2.55. The third-order valence-electron chi connectivity index (χ3n) is 2.99. The minimum Gasteiger partial charge on any atom is -0.497 e. The SMILES string of the molecule is COc1ccc(C(Cl)c2cccc(C(F)(F)F)c2)c(Cl)c1. The molecule has 2 aromatic carbocycles. The van der Waals surface area contributed by atoms with Gasteiger partial charge in [0.1, 0.15) is 5.75 Å². The molecule has 21 heavy (non-hydrogen) atoms. The van der Waals surface area contributed by atoms with E-state index in [4.69, 9.17) is 27.9 Å². The van der Waals surface area contributed by atoms with Crippen LogP contribution in [0.25, 0.3) is 0 Å². The second kappa shape index (κ2) is 6.16. The van der Waals surface area contributed by atoms with E-state index in [1.807, 2.05) is 0 Å². The second-order valence-electron chi connectivity index (χ2n) is 4.37. The van der Waals surface area contributed by atoms with Crippen molar-refractivity contribution in [2.45, 2.75) is 11.6 Å². The highest BCUT2D eigenvalue weighted by molar-refractivity contribution is 6.33. The number of ether oxygens (including phenoxy) is 1. The van der Waals surface area contributed by atoms with E-state index >= 15 is 0 Å². The number of methoxy groups -OCH3 is 1. The van der Waals surface area contributed by atoms with Gasteiger partial charge in [-0.3, -0.25) is 0 Å². The number of hydrogen-bond donors (Lipinski definition) is 0. The second-order valence-corrected chi connectivity index (χ2v) is 5.22. The first-order chi connectivity index (χ1) is 9.82. The molecular formula is C15H11Cl2F3O. The first-order valence-electron chi connectivity index (χ1n) is 5.97. The molecule has 0 N–H and O–H groups in total. The summed E-state index contributed by atoms with van der Waals surface area (Å²) in [6.45, 7) is 0. The highest BCUT2D eigenvalue weighted by atomic mass is 35.5. The Morgan fingerprint density at radius 1 is 1.10 bits per heavy atom. The molecule has 0 aromatic heterocycles. The molecule has 1 unspecified atom stereocenters. The van der Waals surface area contributed by atoms with Crippen LogP contribution in [0.2, 0.25) is 5.02 Å². The highest BCUT2D eigenvalue weighted by Crippen LogP contribution is 2.37. The van der Waals surface area contributed by atoms with E-state index in [2.05, 4.69) is 0 Å². The lowest BCUT2D eigenvalue weighted by Gasteiger charge is -2.15. The number of alkyl halides is 4. The summed E-state index contributed by atoms with van der Waals surface area (Å²) < 4.78 is 43.2. The first kappa shape index (κ1) is 16.0. The zero-order valence-electron chi connectivity index (χ0n) is 10.9. The predicted octanol–water partition coefficient (Wildman–Crippen LogP) is 5.70. The summed E-state index contributed by atoms with van der Waals surface area (Å²) in [4.78, 5) is 0. The van der Waals surface area contributed by atoms with Crippen molar-refractivity contribution >= 4 is 23.2 Å². The first-order valence-corrected chi connectivity index (χ1v) is 6.79. The van der Waals surface area contributed by atoms with Gasteiger partial charge in [0.2, 0.25) is 0 Å². The normalized spacial score (nSPS) is 13.0. The van der Waals surface area contributed by atoms with E-state index in [-0.39, 0.29) is 0 Å². The minimum absolute atomic E-state index is 0.332. The maximum absolute atomic E-state index is 12.7. The van der Waals surface area contributed by atoms with Gasteiger partial charge in [0.25, 0.3) is 0 Å². The molecule has 0 aliphatic carbocycles. The molecule has 1 nitrogen and oxygen atoms in total. The van der Waals surface area contributed by atoms with Gasteiger partial charge in [-0.1, -0.05) is 29.8 Å². The maximum Gasteiger partial charge on any atom is 0.416 e. The standard InChI is InChI=1S/C15H11Cl2F3O/c1-21-11-5-6-12(13(16)8-11)14(17)9-3-2-4-10(7-9)15(18,19)20/h2-8,14H,1H3. The molecule has 0 saturated heterocycles. The molecule has 2 rings (SSSR count). The molecule has 0 bridgehead atoms. The summed E-state index contributed by atoms with van der Waals surface area (Å²) in [6, 6.07) is 9.75. The van der Waals surface area contributed by atoms with E-state index in [9.17, 15) is 13.2 Å². The summed E-state index contributed by atoms with van der Waals surface area (Å²) in [5, 5.41) is -0.433. The molecular weight excluding hydrogens is 324 g/mol. The molecule has 1 atom stereocenters. The monoisotopic (exact) mass is 334 g/mol. The molecule has 6 heteroatoms. The topological polar surface area (TPSA) is 9.23 Å². The van der Waals surface area contributed by atoms with Crippen LogP contribution in [0.1, 0.15) is 22.1 Å². The third-order valence-corrected chi connectivity index (χ3v) is 3.80. The summed E-state index contributed by atoms with van der Waals surface area (Å²) in [5.74, 6) is 0.552. The van der Waals surface area contributed by atoms with Crippen molar-refractivity contribution in [3.8, 4) is 5.75 Å². The number of hydrogen-bond acceptors (Lipinski definition) is 1. The number of rotatable bonds is 3. The molecule has 0 aliphatic heterocycles. The zero-order chi connectivity index (χ0) is 15.6. The van der Waals surface area contributed by atoms with E-state index in [0.717, 1.165) is 12.1 Å². The van der Waals surface area contributed by atoms with Gasteiger partial charge in [0.05, 0.1) is 18.1 Å². The molecule has 112 valence electrons. The van der Waals surface area contributed by atoms with Gasteiger partial charge < -0.3 is 4.74 Å². The van der Waals surface area contributed by atoms with Gasteiger partial charge in [-0.15, -0.1) is 11.6 Å². The minimum atomic E-state index is -4.41. The Balaban J connectivity index is 2.38. The maximum atomic E-state index is 12.7. The number of halogens is 5. The summed E-state index contributed by atoms with van der Waals surface area (Å²) in [6.07, 6.45) is -4.41. The fraction of sp³-hybridized carbons (Fsp3) is 0.200. The average Bonchev–Trinajstić information content (AvgIpc) is 2.45. The molecule has 0 fully saturated rings.